The summed E-state index contributed by atoms with van der Waals surface area (Å²) in [6, 6.07) is 5.74. The van der Waals surface area contributed by atoms with E-state index in [2.05, 4.69) is 20.7 Å². The van der Waals surface area contributed by atoms with Gasteiger partial charge in [-0.3, -0.25) is 4.57 Å². The van der Waals surface area contributed by atoms with E-state index in [-0.39, 0.29) is 11.8 Å². The van der Waals surface area contributed by atoms with Gasteiger partial charge in [-0.2, -0.15) is 4.80 Å². The molecule has 0 unspecified atom stereocenters. The van der Waals surface area contributed by atoms with E-state index in [4.69, 9.17) is 9.05 Å². The number of unbranched alkanes of at least 4 members (excludes halogenated alkanes) is 2. The van der Waals surface area contributed by atoms with Crippen LogP contribution in [0.25, 0.3) is 0 Å². The number of benzene rings is 1. The maximum atomic E-state index is 13.8. The van der Waals surface area contributed by atoms with Crippen LogP contribution in [0.2, 0.25) is 0 Å². The lowest BCUT2D eigenvalue weighted by molar-refractivity contribution is 0.194. The maximum absolute atomic E-state index is 13.8. The van der Waals surface area contributed by atoms with Gasteiger partial charge in [-0.15, -0.1) is 5.10 Å². The molecule has 162 valence electrons. The largest absolute Gasteiger partial charge is 0.357 e. The molecule has 0 aliphatic rings. The summed E-state index contributed by atoms with van der Waals surface area (Å²) in [4.78, 5) is 1.46. The number of anilines is 1. The zero-order chi connectivity index (χ0) is 21.1. The quantitative estimate of drug-likeness (QED) is 0.329. The molecule has 0 aliphatic heterocycles. The Labute approximate surface area is 171 Å². The summed E-state index contributed by atoms with van der Waals surface area (Å²) in [6.07, 6.45) is 4.16. The number of hydrogen-bond donors (Lipinski definition) is 1. The molecule has 0 fully saturated rings. The van der Waals surface area contributed by atoms with Crippen molar-refractivity contribution in [2.24, 2.45) is 0 Å². The van der Waals surface area contributed by atoms with E-state index in [1.54, 1.807) is 12.1 Å². The van der Waals surface area contributed by atoms with Crippen LogP contribution in [-0.2, 0) is 20.2 Å². The number of nitrogens with one attached hydrogen (secondary N) is 1. The number of halogens is 1. The topological polar surface area (TPSA) is 91.2 Å². The summed E-state index contributed by atoms with van der Waals surface area (Å²) in [5.74, 6) is -1.05. The van der Waals surface area contributed by atoms with Gasteiger partial charge < -0.3 is 14.4 Å². The fraction of sp³-hybridized carbons (Fsp3) is 0.632. The maximum Gasteiger partial charge on any atom is 0.357 e. The van der Waals surface area contributed by atoms with Crippen LogP contribution >= 0.6 is 7.60 Å². The number of aromatic nitrogens is 4. The van der Waals surface area contributed by atoms with Gasteiger partial charge in [0.05, 0.1) is 19.8 Å². The second-order valence-corrected chi connectivity index (χ2v) is 8.83. The molecule has 1 heterocycles. The second-order valence-electron chi connectivity index (χ2n) is 6.72. The molecule has 1 aromatic heterocycles. The van der Waals surface area contributed by atoms with Gasteiger partial charge in [0.25, 0.3) is 5.95 Å². The van der Waals surface area contributed by atoms with Crippen LogP contribution in [0.5, 0.6) is 0 Å². The van der Waals surface area contributed by atoms with Gasteiger partial charge in [0.15, 0.2) is 5.78 Å². The lowest BCUT2D eigenvalue weighted by Gasteiger charge is -2.27. The molecule has 10 heteroatoms. The third-order valence-corrected chi connectivity index (χ3v) is 6.33. The van der Waals surface area contributed by atoms with E-state index in [0.717, 1.165) is 32.1 Å². The summed E-state index contributed by atoms with van der Waals surface area (Å²) in [5.41, 5.74) is 0.564. The molecule has 1 N–H and O–H groups in total. The first-order valence-electron chi connectivity index (χ1n) is 10.2. The number of rotatable bonds is 14. The van der Waals surface area contributed by atoms with Crippen LogP contribution in [0.1, 0.15) is 64.2 Å². The molecule has 1 atom stereocenters. The summed E-state index contributed by atoms with van der Waals surface area (Å²) in [5, 5.41) is 15.3. The van der Waals surface area contributed by atoms with Crippen molar-refractivity contribution < 1.29 is 18.0 Å². The number of hydrogen-bond acceptors (Lipinski definition) is 7. The van der Waals surface area contributed by atoms with Gasteiger partial charge in [0, 0.05) is 0 Å². The highest BCUT2D eigenvalue weighted by Crippen LogP contribution is 2.60. The summed E-state index contributed by atoms with van der Waals surface area (Å²) >= 11 is 0. The number of aryl methyl sites for hydroxylation is 1. The fourth-order valence-electron chi connectivity index (χ4n) is 2.57. The number of tetrazole rings is 1. The molecular formula is C19H31FN5O3P. The molecule has 8 nitrogen and oxygen atoms in total. The van der Waals surface area contributed by atoms with E-state index in [1.165, 1.54) is 16.9 Å². The molecule has 29 heavy (non-hydrogen) atoms. The Hall–Kier alpha value is -1.83. The highest BCUT2D eigenvalue weighted by atomic mass is 31.2. The van der Waals surface area contributed by atoms with Crippen molar-refractivity contribution in [2.45, 2.75) is 65.2 Å². The molecule has 2 aromatic rings. The second kappa shape index (κ2) is 12.0. The van der Waals surface area contributed by atoms with E-state index < -0.39 is 13.4 Å². The van der Waals surface area contributed by atoms with Crippen LogP contribution in [-0.4, -0.2) is 33.4 Å². The summed E-state index contributed by atoms with van der Waals surface area (Å²) in [7, 11) is -3.65. The van der Waals surface area contributed by atoms with Gasteiger partial charge in [-0.05, 0) is 42.2 Å². The Morgan fingerprint density at radius 1 is 1.07 bits per heavy atom. The Bertz CT molecular complexity index is 757. The first-order valence-corrected chi connectivity index (χ1v) is 11.8. The normalized spacial score (nSPS) is 12.8. The van der Waals surface area contributed by atoms with Crippen molar-refractivity contribution in [3.05, 3.63) is 35.6 Å². The Morgan fingerprint density at radius 3 is 2.24 bits per heavy atom. The molecule has 0 amide bonds. The Morgan fingerprint density at radius 2 is 1.69 bits per heavy atom. The molecule has 0 saturated heterocycles. The molecule has 0 aliphatic carbocycles. The van der Waals surface area contributed by atoms with Crippen molar-refractivity contribution in [3.8, 4) is 0 Å². The van der Waals surface area contributed by atoms with Gasteiger partial charge in [-0.25, -0.2) is 4.39 Å². The number of nitrogens with zero attached hydrogens (tertiary/aromatic N) is 4. The molecule has 1 aromatic carbocycles. The van der Waals surface area contributed by atoms with E-state index in [1.807, 2.05) is 20.8 Å². The smallest absolute Gasteiger partial charge is 0.334 e. The van der Waals surface area contributed by atoms with Gasteiger partial charge in [-0.1, -0.05) is 50.8 Å². The lowest BCUT2D eigenvalue weighted by atomic mass is 10.2. The van der Waals surface area contributed by atoms with Crippen molar-refractivity contribution in [1.82, 2.24) is 20.2 Å². The Balaban J connectivity index is 2.33. The third kappa shape index (κ3) is 7.17. The van der Waals surface area contributed by atoms with Gasteiger partial charge >= 0.3 is 7.60 Å². The van der Waals surface area contributed by atoms with Crippen LogP contribution in [0.3, 0.4) is 0 Å². The SMILES string of the molecule is CCCCOP(=O)(OCCCC)[C@@H](Nc1nnn(CCC)n1)c1ccc(F)cc1. The van der Waals surface area contributed by atoms with Crippen LogP contribution < -0.4 is 5.32 Å². The Kier molecular flexibility index (Phi) is 9.70. The van der Waals surface area contributed by atoms with Gasteiger partial charge in [0.1, 0.15) is 5.82 Å². The molecule has 0 bridgehead atoms. The lowest BCUT2D eigenvalue weighted by Crippen LogP contribution is -2.17. The predicted octanol–water partition coefficient (Wildman–Crippen LogP) is 5.16. The minimum atomic E-state index is -3.65. The van der Waals surface area contributed by atoms with Crippen molar-refractivity contribution in [1.29, 1.82) is 0 Å². The first-order chi connectivity index (χ1) is 14.0. The van der Waals surface area contributed by atoms with Crippen LogP contribution in [0, 0.1) is 5.82 Å². The summed E-state index contributed by atoms with van der Waals surface area (Å²) in [6.45, 7) is 7.28. The van der Waals surface area contributed by atoms with Crippen molar-refractivity contribution in [2.75, 3.05) is 18.5 Å². The average molecular weight is 427 g/mol. The average Bonchev–Trinajstić information content (AvgIpc) is 3.15. The van der Waals surface area contributed by atoms with E-state index >= 15 is 0 Å². The van der Waals surface area contributed by atoms with E-state index in [9.17, 15) is 8.96 Å². The van der Waals surface area contributed by atoms with E-state index in [0.29, 0.717) is 25.3 Å². The molecule has 2 rings (SSSR count). The third-order valence-electron chi connectivity index (χ3n) is 4.18. The minimum absolute atomic E-state index is 0.214. The zero-order valence-electron chi connectivity index (χ0n) is 17.4. The summed E-state index contributed by atoms with van der Waals surface area (Å²) < 4.78 is 38.8. The predicted molar refractivity (Wildman–Crippen MR) is 110 cm³/mol. The van der Waals surface area contributed by atoms with Crippen LogP contribution in [0.15, 0.2) is 24.3 Å². The minimum Gasteiger partial charge on any atom is -0.334 e. The standard InChI is InChI=1S/C19H31FN5O3P/c1-4-7-14-27-29(26,28-15-8-5-2)18(16-9-11-17(20)12-10-16)21-19-22-24-25(23-19)13-6-3/h9-12,18H,4-8,13-15H2,1-3H3,(H,21,23)/t18-/m1/s1. The zero-order valence-corrected chi connectivity index (χ0v) is 18.3. The molecule has 0 spiro atoms. The van der Waals surface area contributed by atoms with Crippen molar-refractivity contribution >= 4 is 13.5 Å². The van der Waals surface area contributed by atoms with Crippen molar-refractivity contribution in [3.63, 3.8) is 0 Å². The first kappa shape index (κ1) is 23.4. The monoisotopic (exact) mass is 427 g/mol. The fourth-order valence-corrected chi connectivity index (χ4v) is 4.52. The highest BCUT2D eigenvalue weighted by Gasteiger charge is 2.38. The van der Waals surface area contributed by atoms with Crippen LogP contribution in [0.4, 0.5) is 10.3 Å². The molecular weight excluding hydrogens is 396 g/mol. The van der Waals surface area contributed by atoms with Gasteiger partial charge in [0.2, 0.25) is 0 Å². The molecule has 0 saturated carbocycles. The highest BCUT2D eigenvalue weighted by molar-refractivity contribution is 7.54. The molecule has 0 radical (unpaired) electrons.